The first kappa shape index (κ1) is 16.4. The fraction of sp³-hybridized carbons (Fsp3) is 0.412. The largest absolute Gasteiger partial charge is 0.423 e. The highest BCUT2D eigenvalue weighted by Gasteiger charge is 2.22. The summed E-state index contributed by atoms with van der Waals surface area (Å²) in [6, 6.07) is 5.21. The quantitative estimate of drug-likeness (QED) is 0.832. The minimum Gasteiger partial charge on any atom is -0.423 e. The van der Waals surface area contributed by atoms with Crippen LogP contribution in [0.4, 0.5) is 0 Å². The Morgan fingerprint density at radius 3 is 2.87 bits per heavy atom. The summed E-state index contributed by atoms with van der Waals surface area (Å²) in [6.07, 6.45) is 0. The number of aliphatic imine (C=N–C) groups is 1. The average Bonchev–Trinajstić information content (AvgIpc) is 2.48. The molecule has 0 bridgehead atoms. The maximum Gasteiger partial charge on any atom is 0.336 e. The first-order valence-corrected chi connectivity index (χ1v) is 8.84. The first-order chi connectivity index (χ1) is 10.8. The van der Waals surface area contributed by atoms with Crippen molar-refractivity contribution in [3.05, 3.63) is 44.8 Å². The summed E-state index contributed by atoms with van der Waals surface area (Å²) in [5, 5.41) is 5.82. The monoisotopic (exact) mass is 350 g/mol. The number of nitrogens with one attached hydrogen (secondary N) is 1. The third-order valence-corrected chi connectivity index (χ3v) is 5.25. The highest BCUT2D eigenvalue weighted by atomic mass is 35.5. The Morgan fingerprint density at radius 2 is 2.17 bits per heavy atom. The number of amidine groups is 1. The van der Waals surface area contributed by atoms with E-state index in [1.165, 1.54) is 6.07 Å². The van der Waals surface area contributed by atoms with E-state index in [0.29, 0.717) is 16.4 Å². The standard InChI is InChI=1S/C17H19ClN2O2S/c1-10-4-14-12(6-13(10)18)11(5-15(21)22-14)7-23-16-19-8-17(2,3)9-20-16/h4-6H,7-9H2,1-3H3,(H,19,20). The fourth-order valence-corrected chi connectivity index (χ4v) is 3.45. The van der Waals surface area contributed by atoms with Crippen LogP contribution < -0.4 is 10.9 Å². The Kier molecular flexibility index (Phi) is 4.43. The second-order valence-electron chi connectivity index (χ2n) is 6.62. The van der Waals surface area contributed by atoms with Crippen LogP contribution in [0, 0.1) is 12.3 Å². The highest BCUT2D eigenvalue weighted by molar-refractivity contribution is 8.13. The van der Waals surface area contributed by atoms with Gasteiger partial charge in [-0.2, -0.15) is 0 Å². The van der Waals surface area contributed by atoms with Crippen LogP contribution in [0.3, 0.4) is 0 Å². The van der Waals surface area contributed by atoms with Crippen molar-refractivity contribution in [1.29, 1.82) is 0 Å². The van der Waals surface area contributed by atoms with Gasteiger partial charge in [0.1, 0.15) is 5.58 Å². The van der Waals surface area contributed by atoms with Crippen molar-refractivity contribution >= 4 is 39.5 Å². The van der Waals surface area contributed by atoms with Gasteiger partial charge in [-0.1, -0.05) is 37.2 Å². The lowest BCUT2D eigenvalue weighted by molar-refractivity contribution is 0.364. The van der Waals surface area contributed by atoms with E-state index < -0.39 is 0 Å². The number of hydrogen-bond acceptors (Lipinski definition) is 5. The van der Waals surface area contributed by atoms with Crippen molar-refractivity contribution in [2.45, 2.75) is 26.5 Å². The van der Waals surface area contributed by atoms with E-state index in [0.717, 1.165) is 34.8 Å². The van der Waals surface area contributed by atoms with Crippen molar-refractivity contribution in [2.24, 2.45) is 10.4 Å². The molecule has 122 valence electrons. The van der Waals surface area contributed by atoms with Gasteiger partial charge in [0.25, 0.3) is 0 Å². The Labute approximate surface area is 144 Å². The summed E-state index contributed by atoms with van der Waals surface area (Å²) in [4.78, 5) is 16.4. The van der Waals surface area contributed by atoms with Crippen molar-refractivity contribution in [3.8, 4) is 0 Å². The second-order valence-corrected chi connectivity index (χ2v) is 7.99. The maximum absolute atomic E-state index is 11.8. The molecule has 0 spiro atoms. The molecule has 23 heavy (non-hydrogen) atoms. The van der Waals surface area contributed by atoms with E-state index >= 15 is 0 Å². The van der Waals surface area contributed by atoms with E-state index in [1.807, 2.05) is 19.1 Å². The van der Waals surface area contributed by atoms with Gasteiger partial charge in [0.05, 0.1) is 0 Å². The van der Waals surface area contributed by atoms with Gasteiger partial charge < -0.3 is 9.73 Å². The molecule has 1 aromatic carbocycles. The van der Waals surface area contributed by atoms with Crippen LogP contribution in [0.5, 0.6) is 0 Å². The minimum atomic E-state index is -0.338. The van der Waals surface area contributed by atoms with Crippen LogP contribution in [0.1, 0.15) is 25.0 Å². The van der Waals surface area contributed by atoms with Crippen molar-refractivity contribution in [3.63, 3.8) is 0 Å². The van der Waals surface area contributed by atoms with Gasteiger partial charge in [-0.05, 0) is 30.2 Å². The molecule has 0 unspecified atom stereocenters. The molecule has 0 radical (unpaired) electrons. The third-order valence-electron chi connectivity index (χ3n) is 3.84. The molecule has 0 saturated heterocycles. The average molecular weight is 351 g/mol. The molecule has 4 nitrogen and oxygen atoms in total. The normalized spacial score (nSPS) is 17.0. The zero-order valence-electron chi connectivity index (χ0n) is 13.4. The molecule has 0 aliphatic carbocycles. The smallest absolute Gasteiger partial charge is 0.336 e. The van der Waals surface area contributed by atoms with Gasteiger partial charge >= 0.3 is 5.63 Å². The molecule has 0 amide bonds. The predicted molar refractivity (Wildman–Crippen MR) is 97.6 cm³/mol. The predicted octanol–water partition coefficient (Wildman–Crippen LogP) is 3.97. The van der Waals surface area contributed by atoms with Gasteiger partial charge in [-0.25, -0.2) is 4.79 Å². The highest BCUT2D eigenvalue weighted by Crippen LogP contribution is 2.28. The number of benzene rings is 1. The Morgan fingerprint density at radius 1 is 1.39 bits per heavy atom. The molecular formula is C17H19ClN2O2S. The fourth-order valence-electron chi connectivity index (χ4n) is 2.42. The summed E-state index contributed by atoms with van der Waals surface area (Å²) < 4.78 is 5.29. The molecule has 2 aromatic rings. The molecule has 1 N–H and O–H groups in total. The molecule has 1 aromatic heterocycles. The molecule has 3 rings (SSSR count). The summed E-state index contributed by atoms with van der Waals surface area (Å²) in [7, 11) is 0. The van der Waals surface area contributed by atoms with E-state index in [2.05, 4.69) is 24.2 Å². The summed E-state index contributed by atoms with van der Waals surface area (Å²) in [5.41, 5.74) is 2.24. The van der Waals surface area contributed by atoms with Gasteiger partial charge in [-0.3, -0.25) is 4.99 Å². The number of halogens is 1. The molecular weight excluding hydrogens is 332 g/mol. The molecule has 0 atom stereocenters. The van der Waals surface area contributed by atoms with Gasteiger partial charge in [0.2, 0.25) is 0 Å². The molecule has 0 fully saturated rings. The van der Waals surface area contributed by atoms with Gasteiger partial charge in [-0.15, -0.1) is 0 Å². The lowest BCUT2D eigenvalue weighted by Crippen LogP contribution is -2.39. The maximum atomic E-state index is 11.8. The van der Waals surface area contributed by atoms with Crippen LogP contribution in [0.2, 0.25) is 5.02 Å². The first-order valence-electron chi connectivity index (χ1n) is 7.48. The Hall–Kier alpha value is -1.46. The third kappa shape index (κ3) is 3.72. The zero-order chi connectivity index (χ0) is 16.6. The lowest BCUT2D eigenvalue weighted by atomic mass is 9.93. The summed E-state index contributed by atoms with van der Waals surface area (Å²) in [6.45, 7) is 7.98. The van der Waals surface area contributed by atoms with Crippen LogP contribution in [-0.4, -0.2) is 18.3 Å². The van der Waals surface area contributed by atoms with Crippen molar-refractivity contribution in [2.75, 3.05) is 13.1 Å². The number of rotatable bonds is 2. The zero-order valence-corrected chi connectivity index (χ0v) is 15.0. The van der Waals surface area contributed by atoms with E-state index in [1.54, 1.807) is 11.8 Å². The van der Waals surface area contributed by atoms with Crippen LogP contribution in [0.15, 0.2) is 32.4 Å². The van der Waals surface area contributed by atoms with Crippen LogP contribution in [0.25, 0.3) is 11.0 Å². The number of aryl methyl sites for hydroxylation is 1. The van der Waals surface area contributed by atoms with Crippen molar-refractivity contribution in [1.82, 2.24) is 5.32 Å². The number of nitrogens with zero attached hydrogens (tertiary/aromatic N) is 1. The Balaban J connectivity index is 1.87. The molecule has 2 heterocycles. The number of hydrogen-bond donors (Lipinski definition) is 1. The van der Waals surface area contributed by atoms with E-state index in [4.69, 9.17) is 16.0 Å². The summed E-state index contributed by atoms with van der Waals surface area (Å²) >= 11 is 7.82. The molecule has 6 heteroatoms. The number of fused-ring (bicyclic) bond motifs is 1. The van der Waals surface area contributed by atoms with Crippen LogP contribution in [-0.2, 0) is 5.75 Å². The minimum absolute atomic E-state index is 0.190. The van der Waals surface area contributed by atoms with E-state index in [9.17, 15) is 4.79 Å². The summed E-state index contributed by atoms with van der Waals surface area (Å²) in [5.74, 6) is 0.647. The van der Waals surface area contributed by atoms with Crippen molar-refractivity contribution < 1.29 is 4.42 Å². The van der Waals surface area contributed by atoms with Gasteiger partial charge in [0.15, 0.2) is 5.17 Å². The SMILES string of the molecule is Cc1cc2oc(=O)cc(CSC3=NCC(C)(C)CN3)c2cc1Cl. The van der Waals surface area contributed by atoms with Gasteiger partial charge in [0, 0.05) is 40.7 Å². The molecule has 0 saturated carbocycles. The Bertz CT molecular complexity index is 842. The topological polar surface area (TPSA) is 54.6 Å². The lowest BCUT2D eigenvalue weighted by Gasteiger charge is -2.28. The number of thioether (sulfide) groups is 1. The molecule has 1 aliphatic heterocycles. The van der Waals surface area contributed by atoms with Crippen LogP contribution >= 0.6 is 23.4 Å². The second kappa shape index (κ2) is 6.21. The van der Waals surface area contributed by atoms with E-state index in [-0.39, 0.29) is 11.0 Å². The molecule has 1 aliphatic rings.